The van der Waals surface area contributed by atoms with Gasteiger partial charge in [0.15, 0.2) is 0 Å². The molecule has 0 aromatic heterocycles. The molecule has 1 aliphatic carbocycles. The molecule has 1 saturated carbocycles. The molecule has 1 aromatic rings. The van der Waals surface area contributed by atoms with Gasteiger partial charge in [0.05, 0.1) is 13.4 Å². The van der Waals surface area contributed by atoms with Gasteiger partial charge in [-0.25, -0.2) is 4.79 Å². The van der Waals surface area contributed by atoms with Crippen LogP contribution in [0.4, 0.5) is 4.79 Å². The third kappa shape index (κ3) is 4.03. The lowest BCUT2D eigenvalue weighted by molar-refractivity contribution is 0.0786. The average Bonchev–Trinajstić information content (AvgIpc) is 3.34. The minimum absolute atomic E-state index is 0.210. The van der Waals surface area contributed by atoms with Crippen molar-refractivity contribution in [3.63, 3.8) is 0 Å². The Bertz CT molecular complexity index is 646. The second-order valence-corrected chi connectivity index (χ2v) is 6.89. The molecular weight excluding hydrogens is 316 g/mol. The van der Waals surface area contributed by atoms with Gasteiger partial charge in [0, 0.05) is 31.9 Å². The second-order valence-electron chi connectivity index (χ2n) is 6.89. The van der Waals surface area contributed by atoms with Gasteiger partial charge >= 0.3 is 6.09 Å². The number of ether oxygens (including phenoxy) is 2. The summed E-state index contributed by atoms with van der Waals surface area (Å²) in [5.41, 5.74) is 2.48. The van der Waals surface area contributed by atoms with Gasteiger partial charge in [-0.1, -0.05) is 30.3 Å². The van der Waals surface area contributed by atoms with Gasteiger partial charge in [-0.15, -0.1) is 0 Å². The molecule has 2 fully saturated rings. The number of hydrogen-bond acceptors (Lipinski definition) is 4. The van der Waals surface area contributed by atoms with Crippen molar-refractivity contribution in [2.75, 3.05) is 27.2 Å². The number of carbonyl (C=O) groups is 1. The molecule has 2 aliphatic rings. The number of methoxy groups -OCH3 is 1. The Morgan fingerprint density at radius 1 is 1.32 bits per heavy atom. The Kier molecular flexibility index (Phi) is 5.41. The maximum absolute atomic E-state index is 12.3. The number of amides is 1. The van der Waals surface area contributed by atoms with E-state index in [-0.39, 0.29) is 6.09 Å². The quantitative estimate of drug-likeness (QED) is 0.606. The summed E-state index contributed by atoms with van der Waals surface area (Å²) in [4.78, 5) is 18.2. The van der Waals surface area contributed by atoms with Crippen LogP contribution in [0.15, 0.2) is 47.2 Å². The molecule has 0 unspecified atom stereocenters. The number of benzene rings is 1. The van der Waals surface area contributed by atoms with E-state index in [4.69, 9.17) is 9.47 Å². The average molecular weight is 342 g/mol. The summed E-state index contributed by atoms with van der Waals surface area (Å²) in [5.74, 6) is 0.499. The van der Waals surface area contributed by atoms with Crippen LogP contribution in [0.5, 0.6) is 0 Å². The Morgan fingerprint density at radius 3 is 2.68 bits per heavy atom. The van der Waals surface area contributed by atoms with E-state index < -0.39 is 0 Å². The molecule has 1 aromatic carbocycles. The van der Waals surface area contributed by atoms with Gasteiger partial charge < -0.3 is 14.4 Å². The molecule has 0 bridgehead atoms. The highest BCUT2D eigenvalue weighted by atomic mass is 16.6. The first kappa shape index (κ1) is 17.5. The SMILES string of the molecule is CN=CC(=COC)[C@@H]1CC12CCN(C(=O)OCc1ccccc1)CC2. The largest absolute Gasteiger partial charge is 0.504 e. The van der Waals surface area contributed by atoms with Gasteiger partial charge in [-0.3, -0.25) is 4.99 Å². The Labute approximate surface area is 149 Å². The van der Waals surface area contributed by atoms with Crippen LogP contribution in [0, 0.1) is 11.3 Å². The van der Waals surface area contributed by atoms with E-state index in [2.05, 4.69) is 4.99 Å². The van der Waals surface area contributed by atoms with Crippen molar-refractivity contribution in [3.05, 3.63) is 47.7 Å². The predicted octanol–water partition coefficient (Wildman–Crippen LogP) is 3.66. The molecule has 0 radical (unpaired) electrons. The van der Waals surface area contributed by atoms with E-state index in [1.807, 2.05) is 41.4 Å². The van der Waals surface area contributed by atoms with Crippen LogP contribution in [0.25, 0.3) is 0 Å². The first-order valence-corrected chi connectivity index (χ1v) is 8.79. The van der Waals surface area contributed by atoms with Crippen LogP contribution in [0.1, 0.15) is 24.8 Å². The number of carbonyl (C=O) groups excluding carboxylic acids is 1. The number of nitrogens with zero attached hydrogens (tertiary/aromatic N) is 2. The number of likely N-dealkylation sites (tertiary alicyclic amines) is 1. The van der Waals surface area contributed by atoms with Crippen molar-refractivity contribution < 1.29 is 14.3 Å². The highest BCUT2D eigenvalue weighted by molar-refractivity contribution is 5.80. The first-order valence-electron chi connectivity index (χ1n) is 8.79. The predicted molar refractivity (Wildman–Crippen MR) is 97.5 cm³/mol. The maximum Gasteiger partial charge on any atom is 0.410 e. The fraction of sp³-hybridized carbons (Fsp3) is 0.500. The van der Waals surface area contributed by atoms with E-state index in [1.165, 1.54) is 0 Å². The van der Waals surface area contributed by atoms with Crippen molar-refractivity contribution in [1.82, 2.24) is 4.90 Å². The van der Waals surface area contributed by atoms with Crippen LogP contribution in [-0.4, -0.2) is 44.5 Å². The van der Waals surface area contributed by atoms with Crippen LogP contribution in [0.3, 0.4) is 0 Å². The lowest BCUT2D eigenvalue weighted by atomic mass is 9.89. The summed E-state index contributed by atoms with van der Waals surface area (Å²) < 4.78 is 10.6. The lowest BCUT2D eigenvalue weighted by Gasteiger charge is -2.32. The van der Waals surface area contributed by atoms with Crippen molar-refractivity contribution >= 4 is 12.3 Å². The third-order valence-electron chi connectivity index (χ3n) is 5.35. The third-order valence-corrected chi connectivity index (χ3v) is 5.35. The Hall–Kier alpha value is -2.30. The summed E-state index contributed by atoms with van der Waals surface area (Å²) >= 11 is 0. The summed E-state index contributed by atoms with van der Waals surface area (Å²) in [6.45, 7) is 1.85. The number of piperidine rings is 1. The molecular formula is C20H26N2O3. The van der Waals surface area contributed by atoms with Gasteiger partial charge in [-0.05, 0) is 36.2 Å². The summed E-state index contributed by atoms with van der Waals surface area (Å²) in [6.07, 6.45) is 6.66. The highest BCUT2D eigenvalue weighted by Crippen LogP contribution is 2.62. The molecule has 1 atom stereocenters. The van der Waals surface area contributed by atoms with Crippen molar-refractivity contribution in [2.45, 2.75) is 25.9 Å². The molecule has 1 spiro atoms. The Morgan fingerprint density at radius 2 is 2.04 bits per heavy atom. The van der Waals surface area contributed by atoms with Gasteiger partial charge in [0.2, 0.25) is 0 Å². The molecule has 3 rings (SSSR count). The first-order chi connectivity index (χ1) is 12.2. The van der Waals surface area contributed by atoms with E-state index in [0.29, 0.717) is 17.9 Å². The fourth-order valence-electron chi connectivity index (χ4n) is 3.80. The van der Waals surface area contributed by atoms with Crippen molar-refractivity contribution in [1.29, 1.82) is 0 Å². The van der Waals surface area contributed by atoms with Gasteiger partial charge in [0.25, 0.3) is 0 Å². The zero-order valence-corrected chi connectivity index (χ0v) is 15.0. The smallest absolute Gasteiger partial charge is 0.410 e. The summed E-state index contributed by atoms with van der Waals surface area (Å²) in [6, 6.07) is 9.78. The highest BCUT2D eigenvalue weighted by Gasteiger charge is 2.56. The Balaban J connectivity index is 1.49. The van der Waals surface area contributed by atoms with Crippen LogP contribution < -0.4 is 0 Å². The molecule has 134 valence electrons. The van der Waals surface area contributed by atoms with Crippen LogP contribution >= 0.6 is 0 Å². The molecule has 1 heterocycles. The van der Waals surface area contributed by atoms with Crippen molar-refractivity contribution in [3.8, 4) is 0 Å². The van der Waals surface area contributed by atoms with Gasteiger partial charge in [0.1, 0.15) is 6.61 Å². The fourth-order valence-corrected chi connectivity index (χ4v) is 3.80. The van der Waals surface area contributed by atoms with E-state index in [9.17, 15) is 4.79 Å². The summed E-state index contributed by atoms with van der Waals surface area (Å²) in [5, 5.41) is 0. The minimum Gasteiger partial charge on any atom is -0.504 e. The monoisotopic (exact) mass is 342 g/mol. The van der Waals surface area contributed by atoms with Crippen LogP contribution in [0.2, 0.25) is 0 Å². The molecule has 0 N–H and O–H groups in total. The second kappa shape index (κ2) is 7.72. The standard InChI is InChI=1S/C20H26N2O3/c1-21-13-17(15-24-2)18-12-20(18)8-10-22(11-9-20)19(23)25-14-16-6-4-3-5-7-16/h3-7,13,15,18H,8-12,14H2,1-2H3/t18-/m0/s1. The van der Waals surface area contributed by atoms with E-state index in [0.717, 1.165) is 43.5 Å². The van der Waals surface area contributed by atoms with E-state index >= 15 is 0 Å². The number of aliphatic imine (C=N–C) groups is 1. The number of allylic oxidation sites excluding steroid dienone is 1. The normalized spacial score (nSPS) is 22.2. The topological polar surface area (TPSA) is 51.1 Å². The maximum atomic E-state index is 12.3. The van der Waals surface area contributed by atoms with Crippen molar-refractivity contribution in [2.24, 2.45) is 16.3 Å². The zero-order valence-electron chi connectivity index (χ0n) is 15.0. The van der Waals surface area contributed by atoms with Gasteiger partial charge in [-0.2, -0.15) is 0 Å². The molecule has 5 heteroatoms. The lowest BCUT2D eigenvalue weighted by Crippen LogP contribution is -2.40. The molecule has 25 heavy (non-hydrogen) atoms. The van der Waals surface area contributed by atoms with Crippen LogP contribution in [-0.2, 0) is 16.1 Å². The van der Waals surface area contributed by atoms with E-state index in [1.54, 1.807) is 20.4 Å². The number of rotatable bonds is 5. The minimum atomic E-state index is -0.210. The number of hydrogen-bond donors (Lipinski definition) is 0. The molecule has 1 aliphatic heterocycles. The zero-order chi connectivity index (χ0) is 17.7. The molecule has 1 saturated heterocycles. The molecule has 1 amide bonds. The summed E-state index contributed by atoms with van der Waals surface area (Å²) in [7, 11) is 3.45. The molecule has 5 nitrogen and oxygen atoms in total.